The van der Waals surface area contributed by atoms with Crippen molar-refractivity contribution in [3.05, 3.63) is 76.8 Å². The molecular formula is C32H37BrN4O4. The second-order valence-electron chi connectivity index (χ2n) is 11.8. The maximum Gasteiger partial charge on any atom is 0.246 e. The number of likely N-dealkylation sites (N-methyl/N-ethyl adjacent to an activating group) is 1. The summed E-state index contributed by atoms with van der Waals surface area (Å²) in [5.41, 5.74) is 0.676. The summed E-state index contributed by atoms with van der Waals surface area (Å²) in [6.07, 6.45) is 8.44. The number of hydrogen-bond acceptors (Lipinski definition) is 5. The molecule has 3 amide bonds. The van der Waals surface area contributed by atoms with Gasteiger partial charge in [0.1, 0.15) is 11.6 Å². The van der Waals surface area contributed by atoms with Crippen LogP contribution in [0.3, 0.4) is 0 Å². The summed E-state index contributed by atoms with van der Waals surface area (Å²) in [4.78, 5) is 45.6. The molecular weight excluding hydrogens is 584 g/mol. The third kappa shape index (κ3) is 5.47. The molecule has 2 bridgehead atoms. The number of carbonyl (C=O) groups is 3. The van der Waals surface area contributed by atoms with Crippen LogP contribution in [0.15, 0.2) is 71.2 Å². The predicted octanol–water partition coefficient (Wildman–Crippen LogP) is 4.12. The van der Waals surface area contributed by atoms with Crippen LogP contribution in [-0.4, -0.2) is 71.4 Å². The minimum atomic E-state index is -1.15. The van der Waals surface area contributed by atoms with E-state index in [2.05, 4.69) is 43.6 Å². The molecule has 3 aliphatic heterocycles. The van der Waals surface area contributed by atoms with Gasteiger partial charge in [0, 0.05) is 35.8 Å². The van der Waals surface area contributed by atoms with Crippen LogP contribution in [-0.2, 0) is 25.7 Å². The normalized spacial score (nSPS) is 28.8. The number of likely N-dealkylation sites (tertiary alicyclic amines) is 1. The van der Waals surface area contributed by atoms with Gasteiger partial charge in [0.05, 0.1) is 17.9 Å². The quantitative estimate of drug-likeness (QED) is 0.412. The molecule has 9 heteroatoms. The lowest BCUT2D eigenvalue weighted by molar-refractivity contribution is -0.141. The summed E-state index contributed by atoms with van der Waals surface area (Å²) in [5.74, 6) is -2.11. The molecule has 1 saturated carbocycles. The first kappa shape index (κ1) is 28.1. The van der Waals surface area contributed by atoms with Crippen LogP contribution in [0, 0.1) is 11.8 Å². The van der Waals surface area contributed by atoms with Gasteiger partial charge in [-0.15, -0.1) is 0 Å². The van der Waals surface area contributed by atoms with Crippen molar-refractivity contribution in [2.24, 2.45) is 11.8 Å². The summed E-state index contributed by atoms with van der Waals surface area (Å²) >= 11 is 3.42. The first-order valence-electron chi connectivity index (χ1n) is 14.6. The minimum Gasteiger partial charge on any atom is -0.359 e. The molecule has 2 aromatic rings. The predicted molar refractivity (Wildman–Crippen MR) is 160 cm³/mol. The summed E-state index contributed by atoms with van der Waals surface area (Å²) in [6, 6.07) is 16.8. The van der Waals surface area contributed by atoms with Gasteiger partial charge in [0.2, 0.25) is 17.7 Å². The second-order valence-corrected chi connectivity index (χ2v) is 12.7. The zero-order chi connectivity index (χ0) is 28.6. The van der Waals surface area contributed by atoms with Crippen molar-refractivity contribution in [2.45, 2.75) is 62.4 Å². The highest BCUT2D eigenvalue weighted by Gasteiger charge is 2.72. The molecule has 8 nitrogen and oxygen atoms in total. The fraction of sp³-hybridized carbons (Fsp3) is 0.469. The van der Waals surface area contributed by atoms with E-state index in [4.69, 9.17) is 4.74 Å². The van der Waals surface area contributed by atoms with E-state index in [1.54, 1.807) is 4.90 Å². The number of anilines is 1. The fourth-order valence-electron chi connectivity index (χ4n) is 7.05. The number of nitrogens with zero attached hydrogens (tertiary/aromatic N) is 2. The van der Waals surface area contributed by atoms with Crippen LogP contribution in [0.5, 0.6) is 0 Å². The Kier molecular flexibility index (Phi) is 8.03. The maximum atomic E-state index is 14.2. The van der Waals surface area contributed by atoms with Crippen LogP contribution in [0.2, 0.25) is 0 Å². The van der Waals surface area contributed by atoms with Crippen molar-refractivity contribution in [2.75, 3.05) is 25.5 Å². The van der Waals surface area contributed by atoms with Gasteiger partial charge in [-0.05, 0) is 49.7 Å². The molecule has 5 atom stereocenters. The average Bonchev–Trinajstić information content (AvgIpc) is 3.61. The number of hydrogen-bond donors (Lipinski definition) is 2. The Bertz CT molecular complexity index is 1310. The number of nitrogens with one attached hydrogen (secondary N) is 2. The average molecular weight is 622 g/mol. The minimum absolute atomic E-state index is 0.100. The number of halogens is 1. The van der Waals surface area contributed by atoms with Crippen LogP contribution < -0.4 is 10.6 Å². The van der Waals surface area contributed by atoms with E-state index >= 15 is 0 Å². The van der Waals surface area contributed by atoms with Gasteiger partial charge in [0.15, 0.2) is 0 Å². The van der Waals surface area contributed by atoms with Crippen molar-refractivity contribution < 1.29 is 19.1 Å². The van der Waals surface area contributed by atoms with Crippen molar-refractivity contribution in [3.8, 4) is 0 Å². The SMILES string of the molecule is CN(CCN1C(=O)[C@@H]2[C@@H](C(=O)Nc3ccc(Br)cc3)[C@@H]3C=C[C@@]2(O3)[C@H]1C(=O)NC1CCCCC1)Cc1ccccc1. The largest absolute Gasteiger partial charge is 0.359 e. The van der Waals surface area contributed by atoms with Crippen LogP contribution in [0.25, 0.3) is 0 Å². The van der Waals surface area contributed by atoms with Crippen molar-refractivity contribution in [1.29, 1.82) is 0 Å². The first-order chi connectivity index (χ1) is 19.9. The topological polar surface area (TPSA) is 91.0 Å². The highest BCUT2D eigenvalue weighted by molar-refractivity contribution is 9.10. The zero-order valence-corrected chi connectivity index (χ0v) is 24.9. The van der Waals surface area contributed by atoms with Gasteiger partial charge >= 0.3 is 0 Å². The Labute approximate surface area is 249 Å². The number of amides is 3. The second kappa shape index (κ2) is 11.7. The van der Waals surface area contributed by atoms with Gasteiger partial charge in [-0.3, -0.25) is 14.4 Å². The van der Waals surface area contributed by atoms with E-state index in [1.165, 1.54) is 12.0 Å². The van der Waals surface area contributed by atoms with E-state index in [0.29, 0.717) is 18.8 Å². The molecule has 0 unspecified atom stereocenters. The highest BCUT2D eigenvalue weighted by atomic mass is 79.9. The van der Waals surface area contributed by atoms with Crippen LogP contribution in [0.1, 0.15) is 37.7 Å². The lowest BCUT2D eigenvalue weighted by Gasteiger charge is -2.34. The van der Waals surface area contributed by atoms with Gasteiger partial charge in [-0.1, -0.05) is 77.7 Å². The van der Waals surface area contributed by atoms with E-state index in [9.17, 15) is 14.4 Å². The fourth-order valence-corrected chi connectivity index (χ4v) is 7.31. The molecule has 2 saturated heterocycles. The molecule has 6 rings (SSSR count). The first-order valence-corrected chi connectivity index (χ1v) is 15.4. The summed E-state index contributed by atoms with van der Waals surface area (Å²) in [6.45, 7) is 1.68. The van der Waals surface area contributed by atoms with E-state index in [0.717, 1.165) is 36.7 Å². The lowest BCUT2D eigenvalue weighted by Crippen LogP contribution is -2.57. The van der Waals surface area contributed by atoms with Crippen molar-refractivity contribution in [3.63, 3.8) is 0 Å². The monoisotopic (exact) mass is 620 g/mol. The van der Waals surface area contributed by atoms with Gasteiger partial charge in [-0.25, -0.2) is 0 Å². The van der Waals surface area contributed by atoms with Crippen molar-refractivity contribution in [1.82, 2.24) is 15.1 Å². The molecule has 1 spiro atoms. The molecule has 0 aromatic heterocycles. The molecule has 1 aliphatic carbocycles. The van der Waals surface area contributed by atoms with Gasteiger partial charge in [0.25, 0.3) is 0 Å². The number of benzene rings is 2. The Morgan fingerprint density at radius 2 is 1.78 bits per heavy atom. The molecule has 2 N–H and O–H groups in total. The summed E-state index contributed by atoms with van der Waals surface area (Å²) in [5, 5.41) is 6.23. The third-order valence-corrected chi connectivity index (χ3v) is 9.53. The maximum absolute atomic E-state index is 14.2. The van der Waals surface area contributed by atoms with Gasteiger partial charge < -0.3 is 25.2 Å². The zero-order valence-electron chi connectivity index (χ0n) is 23.3. The Morgan fingerprint density at radius 3 is 2.51 bits per heavy atom. The molecule has 0 radical (unpaired) electrons. The summed E-state index contributed by atoms with van der Waals surface area (Å²) in [7, 11) is 2.01. The molecule has 41 heavy (non-hydrogen) atoms. The number of rotatable bonds is 9. The summed E-state index contributed by atoms with van der Waals surface area (Å²) < 4.78 is 7.39. The van der Waals surface area contributed by atoms with E-state index < -0.39 is 29.6 Å². The number of carbonyl (C=O) groups excluding carboxylic acids is 3. The molecule has 2 aromatic carbocycles. The lowest BCUT2D eigenvalue weighted by atomic mass is 9.74. The highest BCUT2D eigenvalue weighted by Crippen LogP contribution is 2.55. The number of fused-ring (bicyclic) bond motifs is 1. The Morgan fingerprint density at radius 1 is 1.05 bits per heavy atom. The van der Waals surface area contributed by atoms with E-state index in [1.807, 2.05) is 61.7 Å². The van der Waals surface area contributed by atoms with Crippen LogP contribution >= 0.6 is 15.9 Å². The molecule has 3 fully saturated rings. The standard InChI is InChI=1S/C32H37BrN4O4/c1-36(20-21-8-4-2-5-9-21)18-19-37-28(30(39)35-23-10-6-3-7-11-23)32-17-16-25(41-32)26(27(32)31(37)40)29(38)34-24-14-12-22(33)13-15-24/h2,4-5,8-9,12-17,23,25-28H,3,6-7,10-11,18-20H2,1H3,(H,34,38)(H,35,39)/t25-,26-,27-,28+,32-/m0/s1. The molecule has 4 aliphatic rings. The smallest absolute Gasteiger partial charge is 0.246 e. The Hall–Kier alpha value is -3.01. The Balaban J connectivity index is 1.24. The van der Waals surface area contributed by atoms with Crippen molar-refractivity contribution >= 4 is 39.3 Å². The molecule has 3 heterocycles. The molecule has 216 valence electrons. The number of ether oxygens (including phenoxy) is 1. The van der Waals surface area contributed by atoms with Crippen LogP contribution in [0.4, 0.5) is 5.69 Å². The third-order valence-electron chi connectivity index (χ3n) is 9.01. The van der Waals surface area contributed by atoms with E-state index in [-0.39, 0.29) is 23.8 Å². The van der Waals surface area contributed by atoms with Gasteiger partial charge in [-0.2, -0.15) is 0 Å².